The number of hydrogen-bond acceptors (Lipinski definition) is 7. The Hall–Kier alpha value is -3.59. The summed E-state index contributed by atoms with van der Waals surface area (Å²) in [5.41, 5.74) is 7.27. The lowest BCUT2D eigenvalue weighted by Crippen LogP contribution is -2.28. The number of rotatable bonds is 6. The molecule has 2 N–H and O–H groups in total. The molecule has 0 radical (unpaired) electrons. The van der Waals surface area contributed by atoms with Crippen LogP contribution < -0.4 is 5.73 Å². The molecule has 0 bridgehead atoms. The number of amides is 2. The molecule has 3 aromatic heterocycles. The molecule has 1 saturated heterocycles. The maximum atomic E-state index is 12.8. The zero-order chi connectivity index (χ0) is 22.1. The average Bonchev–Trinajstić information content (AvgIpc) is 3.56. The molecule has 1 fully saturated rings. The summed E-state index contributed by atoms with van der Waals surface area (Å²) in [7, 11) is 0. The lowest BCUT2D eigenvalue weighted by molar-refractivity contribution is -0.130. The first-order valence-electron chi connectivity index (χ1n) is 10.4. The molecule has 2 amide bonds. The molecule has 1 aliphatic heterocycles. The highest BCUT2D eigenvalue weighted by Crippen LogP contribution is 2.40. The molecule has 5 rings (SSSR count). The van der Waals surface area contributed by atoms with E-state index in [0.717, 1.165) is 22.1 Å². The molecule has 0 spiro atoms. The molecule has 0 aliphatic carbocycles. The first-order chi connectivity index (χ1) is 15.6. The van der Waals surface area contributed by atoms with E-state index in [-0.39, 0.29) is 18.2 Å². The summed E-state index contributed by atoms with van der Waals surface area (Å²) in [6.07, 6.45) is 3.12. The van der Waals surface area contributed by atoms with E-state index < -0.39 is 5.91 Å². The zero-order valence-corrected chi connectivity index (χ0v) is 18.0. The molecule has 162 valence electrons. The third-order valence-electron chi connectivity index (χ3n) is 5.72. The molecule has 1 aliphatic rings. The Balaban J connectivity index is 1.25. The van der Waals surface area contributed by atoms with Crippen molar-refractivity contribution in [1.29, 1.82) is 0 Å². The number of fused-ring (bicyclic) bond motifs is 1. The summed E-state index contributed by atoms with van der Waals surface area (Å²) in [5.74, 6) is 0.542. The number of benzene rings is 1. The summed E-state index contributed by atoms with van der Waals surface area (Å²) in [5, 5.41) is 5.00. The number of thiophene rings is 1. The van der Waals surface area contributed by atoms with Gasteiger partial charge >= 0.3 is 0 Å². The quantitative estimate of drug-likeness (QED) is 0.484. The first-order valence-corrected chi connectivity index (χ1v) is 11.2. The van der Waals surface area contributed by atoms with Crippen LogP contribution in [0.2, 0.25) is 0 Å². The van der Waals surface area contributed by atoms with Crippen LogP contribution in [-0.4, -0.2) is 44.9 Å². The Bertz CT molecular complexity index is 1280. The summed E-state index contributed by atoms with van der Waals surface area (Å²) >= 11 is 1.43. The first kappa shape index (κ1) is 20.3. The van der Waals surface area contributed by atoms with E-state index in [1.165, 1.54) is 11.3 Å². The van der Waals surface area contributed by atoms with Gasteiger partial charge in [0.1, 0.15) is 5.69 Å². The lowest BCUT2D eigenvalue weighted by atomic mass is 9.95. The van der Waals surface area contributed by atoms with Gasteiger partial charge < -0.3 is 15.2 Å². The monoisotopic (exact) mass is 447 g/mol. The molecule has 4 aromatic rings. The van der Waals surface area contributed by atoms with Gasteiger partial charge in [0.15, 0.2) is 0 Å². The van der Waals surface area contributed by atoms with Gasteiger partial charge in [-0.1, -0.05) is 29.4 Å². The van der Waals surface area contributed by atoms with Gasteiger partial charge in [-0.15, -0.1) is 11.3 Å². The van der Waals surface area contributed by atoms with E-state index in [9.17, 15) is 9.59 Å². The molecule has 1 aromatic carbocycles. The molecular weight excluding hydrogens is 426 g/mol. The van der Waals surface area contributed by atoms with Crippen molar-refractivity contribution in [2.75, 3.05) is 13.1 Å². The Morgan fingerprint density at radius 1 is 1.19 bits per heavy atom. The predicted octanol–water partition coefficient (Wildman–Crippen LogP) is 3.39. The van der Waals surface area contributed by atoms with E-state index in [1.54, 1.807) is 12.3 Å². The van der Waals surface area contributed by atoms with Crippen molar-refractivity contribution < 1.29 is 14.1 Å². The smallest absolute Gasteiger partial charge is 0.259 e. The molecule has 32 heavy (non-hydrogen) atoms. The number of aromatic nitrogens is 3. The van der Waals surface area contributed by atoms with Gasteiger partial charge in [0.2, 0.25) is 17.6 Å². The van der Waals surface area contributed by atoms with Crippen molar-refractivity contribution in [3.63, 3.8) is 0 Å². The van der Waals surface area contributed by atoms with Gasteiger partial charge in [-0.3, -0.25) is 14.6 Å². The summed E-state index contributed by atoms with van der Waals surface area (Å²) < 4.78 is 6.32. The molecular formula is C23H21N5O3S. The van der Waals surface area contributed by atoms with Crippen molar-refractivity contribution >= 4 is 33.2 Å². The second kappa shape index (κ2) is 8.51. The second-order valence-electron chi connectivity index (χ2n) is 7.76. The van der Waals surface area contributed by atoms with Crippen LogP contribution >= 0.6 is 11.3 Å². The van der Waals surface area contributed by atoms with Crippen LogP contribution in [0.5, 0.6) is 0 Å². The van der Waals surface area contributed by atoms with Crippen LogP contribution in [0.1, 0.15) is 39.9 Å². The molecule has 1 unspecified atom stereocenters. The largest absolute Gasteiger partial charge is 0.365 e. The van der Waals surface area contributed by atoms with Crippen LogP contribution in [0.25, 0.3) is 21.6 Å². The van der Waals surface area contributed by atoms with Crippen molar-refractivity contribution in [3.8, 4) is 11.5 Å². The summed E-state index contributed by atoms with van der Waals surface area (Å²) in [6, 6.07) is 13.4. The van der Waals surface area contributed by atoms with E-state index in [1.807, 2.05) is 41.3 Å². The fraction of sp³-hybridized carbons (Fsp3) is 0.261. The van der Waals surface area contributed by atoms with Gasteiger partial charge in [-0.25, -0.2) is 0 Å². The number of carbonyl (C=O) groups is 2. The van der Waals surface area contributed by atoms with Crippen LogP contribution in [0.3, 0.4) is 0 Å². The third-order valence-corrected chi connectivity index (χ3v) is 6.92. The average molecular weight is 448 g/mol. The van der Waals surface area contributed by atoms with Crippen molar-refractivity contribution in [3.05, 3.63) is 65.0 Å². The van der Waals surface area contributed by atoms with Gasteiger partial charge in [0.25, 0.3) is 5.91 Å². The fourth-order valence-corrected chi connectivity index (χ4v) is 5.35. The Kier molecular flexibility index (Phi) is 5.40. The molecule has 4 heterocycles. The highest BCUT2D eigenvalue weighted by atomic mass is 32.1. The number of nitrogens with two attached hydrogens (primary N) is 1. The van der Waals surface area contributed by atoms with Crippen LogP contribution in [0, 0.1) is 0 Å². The number of pyridine rings is 1. The summed E-state index contributed by atoms with van der Waals surface area (Å²) in [6.45, 7) is 1.22. The zero-order valence-electron chi connectivity index (χ0n) is 17.2. The lowest BCUT2D eigenvalue weighted by Gasteiger charge is -2.16. The van der Waals surface area contributed by atoms with Crippen molar-refractivity contribution in [1.82, 2.24) is 20.0 Å². The predicted molar refractivity (Wildman–Crippen MR) is 120 cm³/mol. The number of primary amides is 1. The topological polar surface area (TPSA) is 115 Å². The van der Waals surface area contributed by atoms with E-state index in [2.05, 4.69) is 15.1 Å². The minimum absolute atomic E-state index is 0.0326. The van der Waals surface area contributed by atoms with E-state index >= 15 is 0 Å². The normalized spacial score (nSPS) is 16.0. The molecule has 8 nitrogen and oxygen atoms in total. The van der Waals surface area contributed by atoms with Gasteiger partial charge in [-0.2, -0.15) is 4.98 Å². The van der Waals surface area contributed by atoms with E-state index in [4.69, 9.17) is 10.3 Å². The van der Waals surface area contributed by atoms with Gasteiger partial charge in [0, 0.05) is 42.7 Å². The Morgan fingerprint density at radius 3 is 2.84 bits per heavy atom. The Morgan fingerprint density at radius 2 is 2.03 bits per heavy atom. The van der Waals surface area contributed by atoms with Crippen molar-refractivity contribution in [2.24, 2.45) is 5.73 Å². The fourth-order valence-electron chi connectivity index (χ4n) is 4.20. The highest BCUT2D eigenvalue weighted by molar-refractivity contribution is 7.21. The molecule has 1 atom stereocenters. The Labute approximate surface area is 188 Å². The maximum Gasteiger partial charge on any atom is 0.259 e. The molecule has 0 saturated carbocycles. The van der Waals surface area contributed by atoms with Crippen molar-refractivity contribution in [2.45, 2.75) is 25.2 Å². The number of likely N-dealkylation sites (tertiary alicyclic amines) is 1. The maximum absolute atomic E-state index is 12.8. The number of nitrogens with zero attached hydrogens (tertiary/aromatic N) is 4. The van der Waals surface area contributed by atoms with Crippen LogP contribution in [0.15, 0.2) is 53.2 Å². The van der Waals surface area contributed by atoms with Gasteiger partial charge in [0.05, 0.1) is 4.88 Å². The minimum Gasteiger partial charge on any atom is -0.365 e. The second-order valence-corrected chi connectivity index (χ2v) is 8.81. The third kappa shape index (κ3) is 3.87. The van der Waals surface area contributed by atoms with E-state index in [0.29, 0.717) is 41.8 Å². The highest BCUT2D eigenvalue weighted by Gasteiger charge is 2.32. The number of carbonyl (C=O) groups excluding carboxylic acids is 2. The van der Waals surface area contributed by atoms with Crippen LogP contribution in [0.4, 0.5) is 0 Å². The number of aryl methyl sites for hydroxylation is 1. The summed E-state index contributed by atoms with van der Waals surface area (Å²) in [4.78, 5) is 35.9. The van der Waals surface area contributed by atoms with Crippen LogP contribution in [-0.2, 0) is 11.2 Å². The standard InChI is InChI=1S/C23H21N5O3S/c24-22(30)21-20(15-5-1-2-7-17(15)32-21)14-10-12-28(13-14)19(29)9-8-18-26-23(27-31-18)16-6-3-4-11-25-16/h1-7,11,14H,8-10,12-13H2,(H2,24,30). The minimum atomic E-state index is -0.411. The van der Waals surface area contributed by atoms with Gasteiger partial charge in [-0.05, 0) is 35.6 Å². The SMILES string of the molecule is NC(=O)c1sc2ccccc2c1C1CCN(C(=O)CCc2nc(-c3ccccn3)no2)C1. The molecule has 9 heteroatoms. The number of hydrogen-bond donors (Lipinski definition) is 1.